The number of morpholine rings is 1. The first kappa shape index (κ1) is 19.1. The van der Waals surface area contributed by atoms with Crippen molar-refractivity contribution in [3.05, 3.63) is 29.3 Å². The Hall–Kier alpha value is -2.26. The summed E-state index contributed by atoms with van der Waals surface area (Å²) >= 11 is 0. The van der Waals surface area contributed by atoms with Crippen LogP contribution < -0.4 is 5.32 Å². The maximum Gasteiger partial charge on any atom is 0.340 e. The van der Waals surface area contributed by atoms with E-state index >= 15 is 0 Å². The number of halogens is 2. The van der Waals surface area contributed by atoms with Crippen molar-refractivity contribution >= 4 is 17.7 Å². The van der Waals surface area contributed by atoms with Crippen molar-refractivity contribution in [2.24, 2.45) is 0 Å². The quantitative estimate of drug-likeness (QED) is 0.828. The Morgan fingerprint density at radius 1 is 1.36 bits per heavy atom. The molecule has 7 nitrogen and oxygen atoms in total. The zero-order valence-electron chi connectivity index (χ0n) is 14.3. The van der Waals surface area contributed by atoms with Crippen molar-refractivity contribution in [2.45, 2.75) is 6.10 Å². The molecule has 25 heavy (non-hydrogen) atoms. The Morgan fingerprint density at radius 3 is 2.72 bits per heavy atom. The molecule has 1 N–H and O–H groups in total. The lowest BCUT2D eigenvalue weighted by Crippen LogP contribution is -2.50. The largest absolute Gasteiger partial charge is 0.465 e. The number of nitrogens with zero attached hydrogens (tertiary/aromatic N) is 2. The number of hydrogen-bond donors (Lipinski definition) is 1. The predicted molar refractivity (Wildman–Crippen MR) is 86.6 cm³/mol. The Morgan fingerprint density at radius 2 is 2.08 bits per heavy atom. The SMILES string of the molecule is COC(=O)c1cc(NC(=O)N2CCO[C@@H](CN(C)C)C2)c(F)cc1F. The van der Waals surface area contributed by atoms with E-state index in [1.165, 1.54) is 4.90 Å². The molecule has 1 fully saturated rings. The van der Waals surface area contributed by atoms with Gasteiger partial charge in [0.2, 0.25) is 0 Å². The number of urea groups is 1. The maximum absolute atomic E-state index is 13.9. The summed E-state index contributed by atoms with van der Waals surface area (Å²) in [6, 6.07) is 0.913. The summed E-state index contributed by atoms with van der Waals surface area (Å²) in [4.78, 5) is 27.3. The van der Waals surface area contributed by atoms with Crippen LogP contribution in [0.3, 0.4) is 0 Å². The number of hydrogen-bond acceptors (Lipinski definition) is 5. The van der Waals surface area contributed by atoms with E-state index in [4.69, 9.17) is 4.74 Å². The van der Waals surface area contributed by atoms with E-state index in [-0.39, 0.29) is 11.8 Å². The van der Waals surface area contributed by atoms with E-state index in [0.717, 1.165) is 13.2 Å². The highest BCUT2D eigenvalue weighted by molar-refractivity contribution is 5.94. The molecule has 9 heteroatoms. The third kappa shape index (κ3) is 4.86. The third-order valence-corrected chi connectivity index (χ3v) is 3.70. The Bertz CT molecular complexity index is 655. The van der Waals surface area contributed by atoms with Gasteiger partial charge in [-0.1, -0.05) is 0 Å². The normalized spacial score (nSPS) is 17.5. The van der Waals surface area contributed by atoms with E-state index in [2.05, 4.69) is 10.1 Å². The van der Waals surface area contributed by atoms with Crippen LogP contribution >= 0.6 is 0 Å². The van der Waals surface area contributed by atoms with E-state index in [1.54, 1.807) is 0 Å². The molecule has 2 rings (SSSR count). The fraction of sp³-hybridized carbons (Fsp3) is 0.500. The number of benzene rings is 1. The van der Waals surface area contributed by atoms with Crippen LogP contribution in [0.25, 0.3) is 0 Å². The lowest BCUT2D eigenvalue weighted by Gasteiger charge is -2.34. The van der Waals surface area contributed by atoms with Gasteiger partial charge in [0.25, 0.3) is 0 Å². The van der Waals surface area contributed by atoms with Crippen molar-refractivity contribution in [3.63, 3.8) is 0 Å². The molecule has 2 amide bonds. The summed E-state index contributed by atoms with van der Waals surface area (Å²) in [5.41, 5.74) is -0.742. The second kappa shape index (κ2) is 8.21. The van der Waals surface area contributed by atoms with Gasteiger partial charge < -0.3 is 24.6 Å². The summed E-state index contributed by atoms with van der Waals surface area (Å²) in [6.07, 6.45) is -0.154. The smallest absolute Gasteiger partial charge is 0.340 e. The van der Waals surface area contributed by atoms with Gasteiger partial charge in [-0.05, 0) is 20.2 Å². The van der Waals surface area contributed by atoms with Crippen molar-refractivity contribution in [1.29, 1.82) is 0 Å². The van der Waals surface area contributed by atoms with Crippen LogP contribution in [0, 0.1) is 11.6 Å². The maximum atomic E-state index is 13.9. The second-order valence-electron chi connectivity index (χ2n) is 5.93. The number of likely N-dealkylation sites (N-methyl/N-ethyl adjacent to an activating group) is 1. The highest BCUT2D eigenvalue weighted by Crippen LogP contribution is 2.21. The molecule has 0 spiro atoms. The molecule has 138 valence electrons. The first-order valence-electron chi connectivity index (χ1n) is 7.71. The number of carbonyl (C=O) groups excluding carboxylic acids is 2. The minimum absolute atomic E-state index is 0.154. The monoisotopic (exact) mass is 357 g/mol. The number of anilines is 1. The highest BCUT2D eigenvalue weighted by atomic mass is 19.1. The van der Waals surface area contributed by atoms with Crippen LogP contribution in [0.4, 0.5) is 19.3 Å². The highest BCUT2D eigenvalue weighted by Gasteiger charge is 2.26. The van der Waals surface area contributed by atoms with Crippen molar-refractivity contribution in [1.82, 2.24) is 9.80 Å². The Labute approximate surface area is 144 Å². The van der Waals surface area contributed by atoms with Crippen LogP contribution in [0.15, 0.2) is 12.1 Å². The van der Waals surface area contributed by atoms with Crippen LogP contribution in [-0.4, -0.2) is 75.4 Å². The van der Waals surface area contributed by atoms with E-state index in [0.29, 0.717) is 32.3 Å². The summed E-state index contributed by atoms with van der Waals surface area (Å²) in [5, 5.41) is 2.37. The number of ether oxygens (including phenoxy) is 2. The van der Waals surface area contributed by atoms with Crippen LogP contribution in [0.2, 0.25) is 0 Å². The van der Waals surface area contributed by atoms with Crippen LogP contribution in [0.5, 0.6) is 0 Å². The summed E-state index contributed by atoms with van der Waals surface area (Å²) in [5.74, 6) is -2.98. The first-order chi connectivity index (χ1) is 11.8. The lowest BCUT2D eigenvalue weighted by atomic mass is 10.1. The van der Waals surface area contributed by atoms with Gasteiger partial charge in [-0.2, -0.15) is 0 Å². The molecular formula is C16H21F2N3O4. The molecule has 0 aromatic heterocycles. The minimum atomic E-state index is -1.06. The van der Waals surface area contributed by atoms with Gasteiger partial charge in [0, 0.05) is 25.7 Å². The van der Waals surface area contributed by atoms with Crippen molar-refractivity contribution in [3.8, 4) is 0 Å². The molecule has 1 heterocycles. The predicted octanol–water partition coefficient (Wildman–Crippen LogP) is 1.55. The molecule has 0 saturated carbocycles. The van der Waals surface area contributed by atoms with Crippen molar-refractivity contribution < 1.29 is 27.8 Å². The van der Waals surface area contributed by atoms with Crippen LogP contribution in [-0.2, 0) is 9.47 Å². The van der Waals surface area contributed by atoms with Crippen LogP contribution in [0.1, 0.15) is 10.4 Å². The molecule has 1 aromatic carbocycles. The molecule has 1 aliphatic rings. The zero-order valence-corrected chi connectivity index (χ0v) is 14.3. The third-order valence-electron chi connectivity index (χ3n) is 3.70. The number of amides is 2. The van der Waals surface area contributed by atoms with Crippen molar-refractivity contribution in [2.75, 3.05) is 52.8 Å². The van der Waals surface area contributed by atoms with E-state index in [9.17, 15) is 18.4 Å². The minimum Gasteiger partial charge on any atom is -0.465 e. The fourth-order valence-electron chi connectivity index (χ4n) is 2.53. The van der Waals surface area contributed by atoms with Gasteiger partial charge in [0.15, 0.2) is 0 Å². The zero-order chi connectivity index (χ0) is 18.6. The number of esters is 1. The van der Waals surface area contributed by atoms with E-state index in [1.807, 2.05) is 19.0 Å². The van der Waals surface area contributed by atoms with Gasteiger partial charge in [-0.15, -0.1) is 0 Å². The molecular weight excluding hydrogens is 336 g/mol. The second-order valence-corrected chi connectivity index (χ2v) is 5.93. The topological polar surface area (TPSA) is 71.1 Å². The molecule has 1 saturated heterocycles. The van der Waals surface area contributed by atoms with Gasteiger partial charge in [-0.3, -0.25) is 0 Å². The van der Waals surface area contributed by atoms with Gasteiger partial charge in [0.05, 0.1) is 31.1 Å². The molecule has 1 aromatic rings. The van der Waals surface area contributed by atoms with Gasteiger partial charge >= 0.3 is 12.0 Å². The molecule has 1 atom stereocenters. The summed E-state index contributed by atoms with van der Waals surface area (Å²) in [6.45, 7) is 1.70. The Balaban J connectivity index is 2.10. The van der Waals surface area contributed by atoms with Gasteiger partial charge in [-0.25, -0.2) is 18.4 Å². The standard InChI is InChI=1S/C16H21F2N3O4/c1-20(2)8-10-9-21(4-5-25-10)16(23)19-14-6-11(15(22)24-3)12(17)7-13(14)18/h6-7,10H,4-5,8-9H2,1-3H3,(H,19,23)/t10-/m0/s1. The molecule has 0 radical (unpaired) electrons. The summed E-state index contributed by atoms with van der Waals surface area (Å²) < 4.78 is 37.6. The lowest BCUT2D eigenvalue weighted by molar-refractivity contribution is -0.0229. The summed E-state index contributed by atoms with van der Waals surface area (Å²) in [7, 11) is 4.87. The van der Waals surface area contributed by atoms with Gasteiger partial charge in [0.1, 0.15) is 11.6 Å². The molecule has 1 aliphatic heterocycles. The number of rotatable bonds is 4. The fourth-order valence-corrected chi connectivity index (χ4v) is 2.53. The number of methoxy groups -OCH3 is 1. The first-order valence-corrected chi connectivity index (χ1v) is 7.71. The molecule has 0 bridgehead atoms. The molecule has 0 aliphatic carbocycles. The number of carbonyl (C=O) groups is 2. The Kier molecular flexibility index (Phi) is 6.27. The average molecular weight is 357 g/mol. The average Bonchev–Trinajstić information content (AvgIpc) is 2.56. The number of nitrogens with one attached hydrogen (secondary N) is 1. The van der Waals surface area contributed by atoms with E-state index < -0.39 is 29.2 Å². The molecule has 0 unspecified atom stereocenters.